The molecule has 0 radical (unpaired) electrons. The molecule has 1 N–H and O–H groups in total. The standard InChI is InChI=1S/C14H11BrN2O2/c15-13-7-2-1-4-11(13)9-16-17-12-6-3-5-10(8-12)14(18)19/h1-9,17H,(H,18,19)/p-1/b16-9-. The molecule has 19 heavy (non-hydrogen) atoms. The van der Waals surface area contributed by atoms with Gasteiger partial charge in [-0.15, -0.1) is 0 Å². The van der Waals surface area contributed by atoms with Crippen molar-refractivity contribution in [1.29, 1.82) is 0 Å². The van der Waals surface area contributed by atoms with Gasteiger partial charge in [0.2, 0.25) is 0 Å². The normalized spacial score (nSPS) is 10.6. The minimum absolute atomic E-state index is 0.112. The lowest BCUT2D eigenvalue weighted by molar-refractivity contribution is -0.255. The Kier molecular flexibility index (Phi) is 4.30. The van der Waals surface area contributed by atoms with Crippen LogP contribution in [0.1, 0.15) is 15.9 Å². The summed E-state index contributed by atoms with van der Waals surface area (Å²) in [7, 11) is 0. The van der Waals surface area contributed by atoms with Crippen molar-refractivity contribution in [2.45, 2.75) is 0 Å². The number of benzene rings is 2. The van der Waals surface area contributed by atoms with Crippen molar-refractivity contribution < 1.29 is 9.90 Å². The van der Waals surface area contributed by atoms with E-state index in [1.54, 1.807) is 18.3 Å². The second kappa shape index (κ2) is 6.15. The van der Waals surface area contributed by atoms with Gasteiger partial charge in [0, 0.05) is 10.0 Å². The predicted octanol–water partition coefficient (Wildman–Crippen LogP) is 2.26. The van der Waals surface area contributed by atoms with Crippen molar-refractivity contribution >= 4 is 33.8 Å². The molecular formula is C14H10BrN2O2-. The molecular weight excluding hydrogens is 308 g/mol. The average Bonchev–Trinajstić information content (AvgIpc) is 2.41. The molecule has 0 bridgehead atoms. The van der Waals surface area contributed by atoms with Crippen LogP contribution in [0, 0.1) is 0 Å². The summed E-state index contributed by atoms with van der Waals surface area (Å²) in [5, 5.41) is 14.8. The molecule has 0 aliphatic heterocycles. The van der Waals surface area contributed by atoms with Crippen LogP contribution in [0.25, 0.3) is 0 Å². The molecule has 0 aromatic heterocycles. The van der Waals surface area contributed by atoms with Crippen LogP contribution in [0.15, 0.2) is 58.1 Å². The quantitative estimate of drug-likeness (QED) is 0.695. The van der Waals surface area contributed by atoms with Crippen LogP contribution in [-0.4, -0.2) is 12.2 Å². The summed E-state index contributed by atoms with van der Waals surface area (Å²) >= 11 is 3.41. The summed E-state index contributed by atoms with van der Waals surface area (Å²) in [6.45, 7) is 0. The van der Waals surface area contributed by atoms with E-state index in [2.05, 4.69) is 26.5 Å². The van der Waals surface area contributed by atoms with Gasteiger partial charge in [0.05, 0.1) is 17.9 Å². The monoisotopic (exact) mass is 317 g/mol. The van der Waals surface area contributed by atoms with E-state index < -0.39 is 5.97 Å². The van der Waals surface area contributed by atoms with Crippen molar-refractivity contribution in [2.24, 2.45) is 5.10 Å². The first-order valence-corrected chi connectivity index (χ1v) is 6.31. The van der Waals surface area contributed by atoms with Crippen molar-refractivity contribution in [3.63, 3.8) is 0 Å². The van der Waals surface area contributed by atoms with Gasteiger partial charge in [-0.25, -0.2) is 0 Å². The van der Waals surface area contributed by atoms with Crippen LogP contribution in [0.3, 0.4) is 0 Å². The van der Waals surface area contributed by atoms with Gasteiger partial charge in [0.15, 0.2) is 0 Å². The maximum Gasteiger partial charge on any atom is 0.0716 e. The lowest BCUT2D eigenvalue weighted by atomic mass is 10.2. The third kappa shape index (κ3) is 3.66. The number of carbonyl (C=O) groups is 1. The van der Waals surface area contributed by atoms with Crippen LogP contribution in [-0.2, 0) is 0 Å². The molecule has 2 aromatic rings. The molecule has 0 atom stereocenters. The van der Waals surface area contributed by atoms with E-state index in [0.717, 1.165) is 10.0 Å². The van der Waals surface area contributed by atoms with Gasteiger partial charge < -0.3 is 9.90 Å². The van der Waals surface area contributed by atoms with E-state index in [4.69, 9.17) is 0 Å². The van der Waals surface area contributed by atoms with E-state index in [0.29, 0.717) is 5.69 Å². The second-order valence-electron chi connectivity index (χ2n) is 3.76. The minimum Gasteiger partial charge on any atom is -0.545 e. The summed E-state index contributed by atoms with van der Waals surface area (Å²) in [4.78, 5) is 10.7. The van der Waals surface area contributed by atoms with Crippen LogP contribution in [0.5, 0.6) is 0 Å². The first kappa shape index (κ1) is 13.3. The van der Waals surface area contributed by atoms with Crippen molar-refractivity contribution in [3.05, 3.63) is 64.1 Å². The molecule has 0 saturated heterocycles. The molecule has 0 aliphatic rings. The minimum atomic E-state index is -1.21. The van der Waals surface area contributed by atoms with E-state index >= 15 is 0 Å². The zero-order valence-corrected chi connectivity index (χ0v) is 11.4. The summed E-state index contributed by atoms with van der Waals surface area (Å²) in [6, 6.07) is 13.9. The number of hydrogen-bond donors (Lipinski definition) is 1. The molecule has 2 rings (SSSR count). The maximum absolute atomic E-state index is 10.7. The third-order valence-corrected chi connectivity index (χ3v) is 3.12. The number of halogens is 1. The molecule has 0 unspecified atom stereocenters. The number of carboxylic acid groups (broad SMARTS) is 1. The lowest BCUT2D eigenvalue weighted by Crippen LogP contribution is -2.22. The van der Waals surface area contributed by atoms with Crippen molar-refractivity contribution in [1.82, 2.24) is 0 Å². The number of hydrogen-bond acceptors (Lipinski definition) is 4. The number of aromatic carboxylic acids is 1. The topological polar surface area (TPSA) is 64.5 Å². The number of rotatable bonds is 4. The molecule has 0 amide bonds. The first-order valence-electron chi connectivity index (χ1n) is 5.52. The third-order valence-electron chi connectivity index (χ3n) is 2.40. The Labute approximate surface area is 118 Å². The zero-order chi connectivity index (χ0) is 13.7. The van der Waals surface area contributed by atoms with Crippen molar-refractivity contribution in [3.8, 4) is 0 Å². The predicted molar refractivity (Wildman–Crippen MR) is 76.1 cm³/mol. The van der Waals surface area contributed by atoms with E-state index in [9.17, 15) is 9.90 Å². The highest BCUT2D eigenvalue weighted by atomic mass is 79.9. The van der Waals surface area contributed by atoms with Gasteiger partial charge in [-0.1, -0.05) is 46.3 Å². The lowest BCUT2D eigenvalue weighted by Gasteiger charge is -2.05. The highest BCUT2D eigenvalue weighted by Crippen LogP contribution is 2.14. The molecule has 0 spiro atoms. The highest BCUT2D eigenvalue weighted by molar-refractivity contribution is 9.10. The van der Waals surface area contributed by atoms with Gasteiger partial charge >= 0.3 is 0 Å². The Morgan fingerprint density at radius 3 is 2.74 bits per heavy atom. The van der Waals surface area contributed by atoms with Crippen LogP contribution in [0.4, 0.5) is 5.69 Å². The number of hydrazone groups is 1. The SMILES string of the molecule is O=C([O-])c1cccc(N/N=C\c2ccccc2Br)c1. The molecule has 5 heteroatoms. The van der Waals surface area contributed by atoms with E-state index in [1.807, 2.05) is 24.3 Å². The van der Waals surface area contributed by atoms with Crippen molar-refractivity contribution in [2.75, 3.05) is 5.43 Å². The molecule has 0 aliphatic carbocycles. The fourth-order valence-electron chi connectivity index (χ4n) is 1.47. The molecule has 0 heterocycles. The summed E-state index contributed by atoms with van der Waals surface area (Å²) in [5.74, 6) is -1.21. The van der Waals surface area contributed by atoms with Gasteiger partial charge in [0.1, 0.15) is 0 Å². The number of nitrogens with zero attached hydrogens (tertiary/aromatic N) is 1. The Balaban J connectivity index is 2.09. The Morgan fingerprint density at radius 2 is 2.00 bits per heavy atom. The summed E-state index contributed by atoms with van der Waals surface area (Å²) in [6.07, 6.45) is 1.65. The molecule has 2 aromatic carbocycles. The van der Waals surface area contributed by atoms with Crippen LogP contribution in [0.2, 0.25) is 0 Å². The van der Waals surface area contributed by atoms with E-state index in [-0.39, 0.29) is 5.56 Å². The fraction of sp³-hybridized carbons (Fsp3) is 0. The van der Waals surface area contributed by atoms with Gasteiger partial charge in [-0.3, -0.25) is 5.43 Å². The molecule has 0 fully saturated rings. The molecule has 4 nitrogen and oxygen atoms in total. The fourth-order valence-corrected chi connectivity index (χ4v) is 1.86. The average molecular weight is 318 g/mol. The van der Waals surface area contributed by atoms with Crippen LogP contribution >= 0.6 is 15.9 Å². The Morgan fingerprint density at radius 1 is 1.21 bits per heavy atom. The highest BCUT2D eigenvalue weighted by Gasteiger charge is 1.96. The number of carboxylic acids is 1. The number of anilines is 1. The van der Waals surface area contributed by atoms with Crippen LogP contribution < -0.4 is 10.5 Å². The number of nitrogens with one attached hydrogen (secondary N) is 1. The number of carbonyl (C=O) groups excluding carboxylic acids is 1. The first-order chi connectivity index (χ1) is 9.16. The largest absolute Gasteiger partial charge is 0.545 e. The van der Waals surface area contributed by atoms with Gasteiger partial charge in [0.25, 0.3) is 0 Å². The zero-order valence-electron chi connectivity index (χ0n) is 9.84. The maximum atomic E-state index is 10.7. The summed E-state index contributed by atoms with van der Waals surface area (Å²) in [5.41, 5.74) is 4.40. The molecule has 96 valence electrons. The Bertz CT molecular complexity index is 626. The van der Waals surface area contributed by atoms with E-state index in [1.165, 1.54) is 12.1 Å². The molecule has 0 saturated carbocycles. The smallest absolute Gasteiger partial charge is 0.0716 e. The second-order valence-corrected chi connectivity index (χ2v) is 4.61. The van der Waals surface area contributed by atoms with Gasteiger partial charge in [-0.2, -0.15) is 5.10 Å². The van der Waals surface area contributed by atoms with Gasteiger partial charge in [-0.05, 0) is 23.8 Å². The summed E-state index contributed by atoms with van der Waals surface area (Å²) < 4.78 is 0.934. The Hall–Kier alpha value is -2.14.